The number of allylic oxidation sites excluding steroid dienone is 4. The fourth-order valence-corrected chi connectivity index (χ4v) is 6.82. The molecule has 54 heavy (non-hydrogen) atoms. The summed E-state index contributed by atoms with van der Waals surface area (Å²) in [4.78, 5) is 12.8. The van der Waals surface area contributed by atoms with Crippen LogP contribution in [0.4, 0.5) is 0 Å². The van der Waals surface area contributed by atoms with Gasteiger partial charge in [-0.1, -0.05) is 167 Å². The van der Waals surface area contributed by atoms with E-state index in [4.69, 9.17) is 18.9 Å². The highest BCUT2D eigenvalue weighted by Crippen LogP contribution is 2.22. The highest BCUT2D eigenvalue weighted by molar-refractivity contribution is 5.69. The SMILES string of the molecule is CCCCCC/C=C\C/C=C\CCCCCCCCOCC(COC1OC(CO)C(O)C(O)C1O)OC(=O)CCCCCCCCCCCCCCCC. The van der Waals surface area contributed by atoms with Crippen LogP contribution in [0.5, 0.6) is 0 Å². The molecule has 1 saturated heterocycles. The third-order valence-corrected chi connectivity index (χ3v) is 10.4. The largest absolute Gasteiger partial charge is 0.457 e. The summed E-state index contributed by atoms with van der Waals surface area (Å²) < 4.78 is 22.8. The van der Waals surface area contributed by atoms with E-state index in [9.17, 15) is 25.2 Å². The second-order valence-corrected chi connectivity index (χ2v) is 15.5. The number of rotatable bonds is 38. The number of esters is 1. The molecule has 1 aliphatic heterocycles. The summed E-state index contributed by atoms with van der Waals surface area (Å²) in [5.74, 6) is -0.316. The molecule has 1 rings (SSSR count). The van der Waals surface area contributed by atoms with E-state index in [1.54, 1.807) is 0 Å². The van der Waals surface area contributed by atoms with Crippen molar-refractivity contribution in [2.75, 3.05) is 26.4 Å². The summed E-state index contributed by atoms with van der Waals surface area (Å²) in [6.45, 7) is 4.53. The van der Waals surface area contributed by atoms with Crippen molar-refractivity contribution in [1.29, 1.82) is 0 Å². The molecule has 0 saturated carbocycles. The molecule has 0 aromatic rings. The van der Waals surface area contributed by atoms with Crippen LogP contribution in [0.2, 0.25) is 0 Å². The number of hydrogen-bond donors (Lipinski definition) is 4. The molecule has 9 heteroatoms. The Balaban J connectivity index is 2.27. The normalized spacial score (nSPS) is 21.0. The van der Waals surface area contributed by atoms with E-state index in [0.29, 0.717) is 13.0 Å². The van der Waals surface area contributed by atoms with Crippen molar-refractivity contribution >= 4 is 5.97 Å². The van der Waals surface area contributed by atoms with E-state index in [1.807, 2.05) is 0 Å². The number of unbranched alkanes of at least 4 members (excludes halogenated alkanes) is 23. The first-order valence-electron chi connectivity index (χ1n) is 22.4. The predicted molar refractivity (Wildman–Crippen MR) is 219 cm³/mol. The average Bonchev–Trinajstić information content (AvgIpc) is 3.17. The van der Waals surface area contributed by atoms with Gasteiger partial charge in [0.2, 0.25) is 0 Å². The Morgan fingerprint density at radius 3 is 1.61 bits per heavy atom. The van der Waals surface area contributed by atoms with E-state index < -0.39 is 43.4 Å². The van der Waals surface area contributed by atoms with Crippen LogP contribution in [0.1, 0.15) is 194 Å². The molecule has 6 unspecified atom stereocenters. The van der Waals surface area contributed by atoms with Crippen molar-refractivity contribution in [3.05, 3.63) is 24.3 Å². The molecule has 4 N–H and O–H groups in total. The molecule has 0 bridgehead atoms. The molecule has 1 fully saturated rings. The summed E-state index contributed by atoms with van der Waals surface area (Å²) >= 11 is 0. The number of carbonyl (C=O) groups excluding carboxylic acids is 1. The van der Waals surface area contributed by atoms with Gasteiger partial charge in [0.05, 0.1) is 19.8 Å². The zero-order valence-corrected chi connectivity index (χ0v) is 34.7. The van der Waals surface area contributed by atoms with Crippen LogP contribution in [0.3, 0.4) is 0 Å². The highest BCUT2D eigenvalue weighted by atomic mass is 16.7. The Hall–Kier alpha value is -1.33. The van der Waals surface area contributed by atoms with Crippen LogP contribution in [-0.4, -0.2) is 89.6 Å². The minimum absolute atomic E-state index is 0.114. The molecule has 6 atom stereocenters. The fraction of sp³-hybridized carbons (Fsp3) is 0.889. The van der Waals surface area contributed by atoms with E-state index in [0.717, 1.165) is 51.4 Å². The molecule has 1 heterocycles. The predicted octanol–water partition coefficient (Wildman–Crippen LogP) is 9.81. The number of aliphatic hydroxyl groups is 4. The van der Waals surface area contributed by atoms with Gasteiger partial charge in [-0.2, -0.15) is 0 Å². The third-order valence-electron chi connectivity index (χ3n) is 10.4. The van der Waals surface area contributed by atoms with Gasteiger partial charge in [0.1, 0.15) is 30.5 Å². The maximum Gasteiger partial charge on any atom is 0.306 e. The first kappa shape index (κ1) is 50.7. The maximum atomic E-state index is 12.8. The van der Waals surface area contributed by atoms with Crippen molar-refractivity contribution in [3.63, 3.8) is 0 Å². The van der Waals surface area contributed by atoms with Crippen molar-refractivity contribution < 1.29 is 44.2 Å². The number of hydrogen-bond acceptors (Lipinski definition) is 9. The number of ether oxygens (including phenoxy) is 4. The number of aliphatic hydroxyl groups excluding tert-OH is 4. The zero-order chi connectivity index (χ0) is 39.3. The summed E-state index contributed by atoms with van der Waals surface area (Å²) in [6, 6.07) is 0. The van der Waals surface area contributed by atoms with E-state index >= 15 is 0 Å². The number of carbonyl (C=O) groups is 1. The Bertz CT molecular complexity index is 879. The summed E-state index contributed by atoms with van der Waals surface area (Å²) in [5, 5.41) is 40.1. The van der Waals surface area contributed by atoms with Crippen molar-refractivity contribution in [2.45, 2.75) is 230 Å². The van der Waals surface area contributed by atoms with Crippen LogP contribution in [-0.2, 0) is 23.7 Å². The molecule has 0 aliphatic carbocycles. The smallest absolute Gasteiger partial charge is 0.306 e. The van der Waals surface area contributed by atoms with Crippen LogP contribution < -0.4 is 0 Å². The second-order valence-electron chi connectivity index (χ2n) is 15.5. The Morgan fingerprint density at radius 1 is 0.593 bits per heavy atom. The average molecular weight is 769 g/mol. The van der Waals surface area contributed by atoms with Gasteiger partial charge in [-0.3, -0.25) is 4.79 Å². The molecule has 0 aromatic carbocycles. The first-order chi connectivity index (χ1) is 26.4. The lowest BCUT2D eigenvalue weighted by Gasteiger charge is -2.39. The third kappa shape index (κ3) is 28.1. The van der Waals surface area contributed by atoms with Crippen molar-refractivity contribution in [2.24, 2.45) is 0 Å². The second kappa shape index (κ2) is 37.3. The molecule has 0 spiro atoms. The molecule has 0 aromatic heterocycles. The van der Waals surface area contributed by atoms with Gasteiger partial charge in [0, 0.05) is 13.0 Å². The zero-order valence-electron chi connectivity index (χ0n) is 34.7. The standard InChI is InChI=1S/C45H84O9/c1-3-5-7-9-11-13-15-17-19-20-21-23-25-27-29-31-33-35-51-37-39(38-52-45-44(50)43(49)42(48)40(36-46)54-45)53-41(47)34-32-30-28-26-24-22-18-16-14-12-10-8-6-4-2/h13,15,19-20,39-40,42-46,48-50H,3-12,14,16-18,21-38H2,1-2H3/b15-13-,20-19-. The topological polar surface area (TPSA) is 135 Å². The van der Waals surface area contributed by atoms with Gasteiger partial charge in [0.15, 0.2) is 6.29 Å². The minimum Gasteiger partial charge on any atom is -0.457 e. The van der Waals surface area contributed by atoms with Gasteiger partial charge in [-0.15, -0.1) is 0 Å². The van der Waals surface area contributed by atoms with Crippen LogP contribution in [0.25, 0.3) is 0 Å². The summed E-state index contributed by atoms with van der Waals surface area (Å²) in [6.07, 6.45) is 34.8. The molecule has 318 valence electrons. The monoisotopic (exact) mass is 769 g/mol. The quantitative estimate of drug-likeness (QED) is 0.0275. The summed E-state index contributed by atoms with van der Waals surface area (Å²) in [5.41, 5.74) is 0. The van der Waals surface area contributed by atoms with Crippen LogP contribution >= 0.6 is 0 Å². The fourth-order valence-electron chi connectivity index (χ4n) is 6.82. The van der Waals surface area contributed by atoms with E-state index in [1.165, 1.54) is 122 Å². The summed E-state index contributed by atoms with van der Waals surface area (Å²) in [7, 11) is 0. The van der Waals surface area contributed by atoms with Crippen LogP contribution in [0.15, 0.2) is 24.3 Å². The van der Waals surface area contributed by atoms with Gasteiger partial charge < -0.3 is 39.4 Å². The molecule has 0 radical (unpaired) electrons. The Labute approximate surface area is 330 Å². The van der Waals surface area contributed by atoms with Crippen LogP contribution in [0, 0.1) is 0 Å². The lowest BCUT2D eigenvalue weighted by Crippen LogP contribution is -2.59. The molecular weight excluding hydrogens is 684 g/mol. The molecule has 0 amide bonds. The van der Waals surface area contributed by atoms with Gasteiger partial charge in [-0.25, -0.2) is 0 Å². The lowest BCUT2D eigenvalue weighted by molar-refractivity contribution is -0.305. The minimum atomic E-state index is -1.54. The van der Waals surface area contributed by atoms with E-state index in [2.05, 4.69) is 38.2 Å². The molecular formula is C45H84O9. The molecule has 9 nitrogen and oxygen atoms in total. The van der Waals surface area contributed by atoms with E-state index in [-0.39, 0.29) is 19.2 Å². The van der Waals surface area contributed by atoms with Crippen molar-refractivity contribution in [3.8, 4) is 0 Å². The van der Waals surface area contributed by atoms with Gasteiger partial charge >= 0.3 is 5.97 Å². The van der Waals surface area contributed by atoms with Gasteiger partial charge in [0.25, 0.3) is 0 Å². The Kier molecular flexibility index (Phi) is 35.0. The first-order valence-corrected chi connectivity index (χ1v) is 22.4. The van der Waals surface area contributed by atoms with Gasteiger partial charge in [-0.05, 0) is 44.9 Å². The lowest BCUT2D eigenvalue weighted by atomic mass is 9.99. The van der Waals surface area contributed by atoms with Crippen molar-refractivity contribution in [1.82, 2.24) is 0 Å². The molecule has 1 aliphatic rings. The highest BCUT2D eigenvalue weighted by Gasteiger charge is 2.44. The Morgan fingerprint density at radius 2 is 1.07 bits per heavy atom. The maximum absolute atomic E-state index is 12.8.